The monoisotopic (exact) mass is 264 g/mol. The summed E-state index contributed by atoms with van der Waals surface area (Å²) in [5, 5.41) is 0. The zero-order chi connectivity index (χ0) is 10.7. The lowest BCUT2D eigenvalue weighted by molar-refractivity contribution is 0.459. The molecule has 0 amide bonds. The van der Waals surface area contributed by atoms with Crippen LogP contribution >= 0.6 is 15.9 Å². The van der Waals surface area contributed by atoms with Crippen LogP contribution in [0, 0.1) is 6.92 Å². The third kappa shape index (κ3) is 2.76. The quantitative estimate of drug-likeness (QED) is 0.835. The van der Waals surface area contributed by atoms with Crippen molar-refractivity contribution in [2.75, 3.05) is 0 Å². The molecule has 2 rings (SSSR count). The van der Waals surface area contributed by atoms with E-state index in [-0.39, 0.29) is 0 Å². The van der Waals surface area contributed by atoms with Crippen molar-refractivity contribution in [1.82, 2.24) is 9.97 Å². The van der Waals surface area contributed by atoms with E-state index in [4.69, 9.17) is 4.74 Å². The lowest BCUT2D eigenvalue weighted by Gasteiger charge is -2.04. The molecule has 0 aromatic carbocycles. The largest absolute Gasteiger partial charge is 0.437 e. The van der Waals surface area contributed by atoms with Gasteiger partial charge >= 0.3 is 0 Å². The number of nitrogens with zero attached hydrogens (tertiary/aromatic N) is 2. The van der Waals surface area contributed by atoms with Crippen LogP contribution in [0.3, 0.4) is 0 Å². The van der Waals surface area contributed by atoms with E-state index in [1.807, 2.05) is 31.2 Å². The normalized spacial score (nSPS) is 10.0. The van der Waals surface area contributed by atoms with Crippen molar-refractivity contribution in [2.45, 2.75) is 6.92 Å². The summed E-state index contributed by atoms with van der Waals surface area (Å²) in [6.07, 6.45) is 3.35. The van der Waals surface area contributed by atoms with Crippen LogP contribution in [0.15, 0.2) is 41.1 Å². The molecule has 2 aromatic heterocycles. The Morgan fingerprint density at radius 1 is 1.27 bits per heavy atom. The average Bonchev–Trinajstić information content (AvgIpc) is 2.17. The zero-order valence-corrected chi connectivity index (χ0v) is 9.73. The van der Waals surface area contributed by atoms with Crippen LogP contribution in [0.5, 0.6) is 11.6 Å². The van der Waals surface area contributed by atoms with Crippen molar-refractivity contribution in [2.24, 2.45) is 0 Å². The van der Waals surface area contributed by atoms with Gasteiger partial charge < -0.3 is 4.74 Å². The molecular weight excluding hydrogens is 256 g/mol. The molecule has 3 nitrogen and oxygen atoms in total. The fourth-order valence-electron chi connectivity index (χ4n) is 1.14. The molecule has 2 heterocycles. The minimum atomic E-state index is 0.579. The van der Waals surface area contributed by atoms with Gasteiger partial charge in [0.1, 0.15) is 5.75 Å². The summed E-state index contributed by atoms with van der Waals surface area (Å²) in [7, 11) is 0. The van der Waals surface area contributed by atoms with E-state index in [1.54, 1.807) is 12.4 Å². The van der Waals surface area contributed by atoms with Crippen molar-refractivity contribution >= 4 is 15.9 Å². The van der Waals surface area contributed by atoms with Crippen LogP contribution < -0.4 is 4.74 Å². The lowest BCUT2D eigenvalue weighted by Crippen LogP contribution is -1.89. The Balaban J connectivity index is 2.22. The molecular formula is C11H9BrN2O. The maximum atomic E-state index is 5.54. The SMILES string of the molecule is Cc1cccc(Oc2cncc(Br)c2)n1. The summed E-state index contributed by atoms with van der Waals surface area (Å²) >= 11 is 3.33. The third-order valence-electron chi connectivity index (χ3n) is 1.76. The molecule has 0 spiro atoms. The highest BCUT2D eigenvalue weighted by Crippen LogP contribution is 2.21. The fraction of sp³-hybridized carbons (Fsp3) is 0.0909. The lowest BCUT2D eigenvalue weighted by atomic mass is 10.4. The molecule has 76 valence electrons. The van der Waals surface area contributed by atoms with Crippen LogP contribution in [0.1, 0.15) is 5.69 Å². The first-order valence-corrected chi connectivity index (χ1v) is 5.25. The predicted octanol–water partition coefficient (Wildman–Crippen LogP) is 3.34. The van der Waals surface area contributed by atoms with E-state index in [1.165, 1.54) is 0 Å². The number of aryl methyl sites for hydroxylation is 1. The molecule has 2 aromatic rings. The third-order valence-corrected chi connectivity index (χ3v) is 2.20. The van der Waals surface area contributed by atoms with E-state index >= 15 is 0 Å². The number of ether oxygens (including phenoxy) is 1. The molecule has 0 aliphatic rings. The molecule has 0 radical (unpaired) electrons. The number of hydrogen-bond donors (Lipinski definition) is 0. The molecule has 0 unspecified atom stereocenters. The number of pyridine rings is 2. The summed E-state index contributed by atoms with van der Waals surface area (Å²) in [4.78, 5) is 8.24. The number of aromatic nitrogens is 2. The van der Waals surface area contributed by atoms with Crippen LogP contribution in [-0.4, -0.2) is 9.97 Å². The molecule has 0 N–H and O–H groups in total. The standard InChI is InChI=1S/C11H9BrN2O/c1-8-3-2-4-11(14-8)15-10-5-9(12)6-13-7-10/h2-7H,1H3. The van der Waals surface area contributed by atoms with Gasteiger partial charge in [-0.1, -0.05) is 6.07 Å². The highest BCUT2D eigenvalue weighted by Gasteiger charge is 1.99. The van der Waals surface area contributed by atoms with E-state index in [9.17, 15) is 0 Å². The summed E-state index contributed by atoms with van der Waals surface area (Å²) in [5.41, 5.74) is 0.926. The predicted molar refractivity (Wildman–Crippen MR) is 61.0 cm³/mol. The molecule has 0 bridgehead atoms. The zero-order valence-electron chi connectivity index (χ0n) is 8.14. The Labute approximate surface area is 96.3 Å². The highest BCUT2D eigenvalue weighted by molar-refractivity contribution is 9.10. The van der Waals surface area contributed by atoms with Crippen LogP contribution in [-0.2, 0) is 0 Å². The maximum Gasteiger partial charge on any atom is 0.219 e. The molecule has 0 aliphatic carbocycles. The van der Waals surface area contributed by atoms with Gasteiger partial charge in [0, 0.05) is 22.4 Å². The molecule has 15 heavy (non-hydrogen) atoms. The summed E-state index contributed by atoms with van der Waals surface area (Å²) in [5.74, 6) is 1.25. The Morgan fingerprint density at radius 2 is 2.13 bits per heavy atom. The summed E-state index contributed by atoms with van der Waals surface area (Å²) in [6, 6.07) is 7.49. The minimum Gasteiger partial charge on any atom is -0.437 e. The van der Waals surface area contributed by atoms with Crippen LogP contribution in [0.2, 0.25) is 0 Å². The highest BCUT2D eigenvalue weighted by atomic mass is 79.9. The first kappa shape index (κ1) is 10.1. The van der Waals surface area contributed by atoms with Crippen molar-refractivity contribution in [3.05, 3.63) is 46.8 Å². The second-order valence-electron chi connectivity index (χ2n) is 3.06. The Morgan fingerprint density at radius 3 is 2.87 bits per heavy atom. The molecule has 0 atom stereocenters. The van der Waals surface area contributed by atoms with Gasteiger partial charge in [0.15, 0.2) is 0 Å². The Hall–Kier alpha value is -1.42. The number of halogens is 1. The summed E-state index contributed by atoms with van der Waals surface area (Å²) < 4.78 is 6.42. The van der Waals surface area contributed by atoms with Gasteiger partial charge in [-0.3, -0.25) is 4.98 Å². The molecule has 0 fully saturated rings. The van der Waals surface area contributed by atoms with E-state index in [0.29, 0.717) is 11.6 Å². The van der Waals surface area contributed by atoms with Gasteiger partial charge in [0.2, 0.25) is 5.88 Å². The van der Waals surface area contributed by atoms with Crippen molar-refractivity contribution in [3.63, 3.8) is 0 Å². The van der Waals surface area contributed by atoms with Crippen molar-refractivity contribution < 1.29 is 4.74 Å². The second kappa shape index (κ2) is 4.40. The van der Waals surface area contributed by atoms with Gasteiger partial charge in [0.05, 0.1) is 6.20 Å². The average molecular weight is 265 g/mol. The van der Waals surface area contributed by atoms with E-state index in [2.05, 4.69) is 25.9 Å². The van der Waals surface area contributed by atoms with Crippen molar-refractivity contribution in [3.8, 4) is 11.6 Å². The summed E-state index contributed by atoms with van der Waals surface area (Å²) in [6.45, 7) is 1.92. The molecule has 0 saturated carbocycles. The van der Waals surface area contributed by atoms with Gasteiger partial charge in [0.25, 0.3) is 0 Å². The molecule has 0 aliphatic heterocycles. The minimum absolute atomic E-state index is 0.579. The van der Waals surface area contributed by atoms with Gasteiger partial charge in [-0.25, -0.2) is 4.98 Å². The van der Waals surface area contributed by atoms with Gasteiger partial charge in [-0.2, -0.15) is 0 Å². The van der Waals surface area contributed by atoms with Crippen LogP contribution in [0.4, 0.5) is 0 Å². The first-order valence-electron chi connectivity index (χ1n) is 4.46. The maximum absolute atomic E-state index is 5.54. The molecule has 0 saturated heterocycles. The number of hydrogen-bond acceptors (Lipinski definition) is 3. The van der Waals surface area contributed by atoms with E-state index in [0.717, 1.165) is 10.2 Å². The van der Waals surface area contributed by atoms with Gasteiger partial charge in [-0.15, -0.1) is 0 Å². The molecule has 4 heteroatoms. The fourth-order valence-corrected chi connectivity index (χ4v) is 1.49. The van der Waals surface area contributed by atoms with Gasteiger partial charge in [-0.05, 0) is 35.0 Å². The van der Waals surface area contributed by atoms with Crippen molar-refractivity contribution in [1.29, 1.82) is 0 Å². The second-order valence-corrected chi connectivity index (χ2v) is 3.97. The van der Waals surface area contributed by atoms with E-state index < -0.39 is 0 Å². The number of rotatable bonds is 2. The van der Waals surface area contributed by atoms with Crippen LogP contribution in [0.25, 0.3) is 0 Å². The first-order chi connectivity index (χ1) is 7.24. The smallest absolute Gasteiger partial charge is 0.219 e. The Kier molecular flexibility index (Phi) is 2.97. The Bertz CT molecular complexity index is 430. The topological polar surface area (TPSA) is 35.0 Å².